The van der Waals surface area contributed by atoms with Crippen LogP contribution in [0.25, 0.3) is 11.0 Å². The van der Waals surface area contributed by atoms with Gasteiger partial charge in [0.2, 0.25) is 5.95 Å². The van der Waals surface area contributed by atoms with Gasteiger partial charge in [-0.2, -0.15) is 0 Å². The zero-order chi connectivity index (χ0) is 15.9. The van der Waals surface area contributed by atoms with E-state index in [2.05, 4.69) is 4.98 Å². The molecule has 6 nitrogen and oxygen atoms in total. The molecular formula is C14H10Cl2N4O2. The minimum atomic E-state index is -0.438. The third kappa shape index (κ3) is 2.58. The maximum Gasteiger partial charge on any atom is 0.269 e. The number of nitro groups is 1. The van der Waals surface area contributed by atoms with E-state index in [-0.39, 0.29) is 5.69 Å². The number of fused-ring (bicyclic) bond motifs is 1. The fourth-order valence-electron chi connectivity index (χ4n) is 2.21. The van der Waals surface area contributed by atoms with Gasteiger partial charge in [0.15, 0.2) is 0 Å². The van der Waals surface area contributed by atoms with Crippen molar-refractivity contribution in [3.63, 3.8) is 0 Å². The molecule has 3 aromatic rings. The van der Waals surface area contributed by atoms with Gasteiger partial charge in [0.1, 0.15) is 0 Å². The highest BCUT2D eigenvalue weighted by atomic mass is 35.5. The predicted molar refractivity (Wildman–Crippen MR) is 86.4 cm³/mol. The van der Waals surface area contributed by atoms with E-state index in [1.54, 1.807) is 28.8 Å². The first-order chi connectivity index (χ1) is 10.5. The third-order valence-corrected chi connectivity index (χ3v) is 4.03. The number of rotatable bonds is 3. The molecule has 0 radical (unpaired) electrons. The second kappa shape index (κ2) is 5.47. The Kier molecular flexibility index (Phi) is 3.64. The van der Waals surface area contributed by atoms with Gasteiger partial charge in [-0.05, 0) is 17.7 Å². The topological polar surface area (TPSA) is 87.0 Å². The number of benzene rings is 2. The molecular weight excluding hydrogens is 327 g/mol. The summed E-state index contributed by atoms with van der Waals surface area (Å²) in [5.74, 6) is 0.326. The van der Waals surface area contributed by atoms with Crippen molar-refractivity contribution in [2.45, 2.75) is 6.54 Å². The SMILES string of the molecule is Nc1nc2cc(Cl)c(Cl)cc2n1Cc1ccc([N+](=O)[O-])cc1. The lowest BCUT2D eigenvalue weighted by molar-refractivity contribution is -0.384. The summed E-state index contributed by atoms with van der Waals surface area (Å²) in [5, 5.41) is 11.5. The van der Waals surface area contributed by atoms with Gasteiger partial charge in [-0.1, -0.05) is 35.3 Å². The van der Waals surface area contributed by atoms with Crippen LogP contribution in [-0.4, -0.2) is 14.5 Å². The quantitative estimate of drug-likeness (QED) is 0.580. The molecule has 22 heavy (non-hydrogen) atoms. The largest absolute Gasteiger partial charge is 0.369 e. The molecule has 0 saturated heterocycles. The zero-order valence-corrected chi connectivity index (χ0v) is 12.7. The van der Waals surface area contributed by atoms with Crippen LogP contribution in [0.15, 0.2) is 36.4 Å². The Morgan fingerprint density at radius 1 is 1.18 bits per heavy atom. The van der Waals surface area contributed by atoms with Gasteiger partial charge in [-0.3, -0.25) is 10.1 Å². The molecule has 0 amide bonds. The van der Waals surface area contributed by atoms with Crippen LogP contribution in [0, 0.1) is 10.1 Å². The lowest BCUT2D eigenvalue weighted by Crippen LogP contribution is -2.04. The monoisotopic (exact) mass is 336 g/mol. The molecule has 0 unspecified atom stereocenters. The van der Waals surface area contributed by atoms with Crippen LogP contribution in [0.1, 0.15) is 5.56 Å². The number of nitrogens with zero attached hydrogens (tertiary/aromatic N) is 3. The van der Waals surface area contributed by atoms with Gasteiger partial charge < -0.3 is 10.3 Å². The molecule has 0 saturated carbocycles. The number of hydrogen-bond donors (Lipinski definition) is 1. The summed E-state index contributed by atoms with van der Waals surface area (Å²) in [6.45, 7) is 0.429. The second-order valence-electron chi connectivity index (χ2n) is 4.73. The van der Waals surface area contributed by atoms with E-state index in [9.17, 15) is 10.1 Å². The molecule has 2 aromatic carbocycles. The molecule has 0 atom stereocenters. The van der Waals surface area contributed by atoms with Crippen molar-refractivity contribution >= 4 is 45.9 Å². The number of nitrogen functional groups attached to an aromatic ring is 1. The normalized spacial score (nSPS) is 11.0. The van der Waals surface area contributed by atoms with Gasteiger partial charge >= 0.3 is 0 Å². The van der Waals surface area contributed by atoms with Crippen molar-refractivity contribution < 1.29 is 4.92 Å². The maximum absolute atomic E-state index is 10.7. The van der Waals surface area contributed by atoms with Gasteiger partial charge in [0.25, 0.3) is 5.69 Å². The third-order valence-electron chi connectivity index (χ3n) is 3.31. The summed E-state index contributed by atoms with van der Waals surface area (Å²) in [6.07, 6.45) is 0. The van der Waals surface area contributed by atoms with Crippen LogP contribution in [-0.2, 0) is 6.54 Å². The van der Waals surface area contributed by atoms with E-state index in [0.717, 1.165) is 11.1 Å². The Morgan fingerprint density at radius 2 is 1.82 bits per heavy atom. The Labute approximate surface area is 135 Å². The molecule has 0 aliphatic carbocycles. The highest BCUT2D eigenvalue weighted by Gasteiger charge is 2.12. The number of nitro benzene ring substituents is 1. The molecule has 1 aromatic heterocycles. The van der Waals surface area contributed by atoms with E-state index in [1.165, 1.54) is 12.1 Å². The van der Waals surface area contributed by atoms with Crippen LogP contribution in [0.2, 0.25) is 10.0 Å². The second-order valence-corrected chi connectivity index (χ2v) is 5.55. The van der Waals surface area contributed by atoms with E-state index >= 15 is 0 Å². The number of aromatic nitrogens is 2. The number of halogens is 2. The van der Waals surface area contributed by atoms with Crippen molar-refractivity contribution in [3.8, 4) is 0 Å². The molecule has 0 aliphatic rings. The minimum absolute atomic E-state index is 0.0436. The number of imidazole rings is 1. The molecule has 0 aliphatic heterocycles. The average molecular weight is 337 g/mol. The van der Waals surface area contributed by atoms with Crippen LogP contribution in [0.3, 0.4) is 0 Å². The molecule has 112 valence electrons. The summed E-state index contributed by atoms with van der Waals surface area (Å²) in [4.78, 5) is 14.5. The molecule has 2 N–H and O–H groups in total. The first-order valence-electron chi connectivity index (χ1n) is 6.30. The zero-order valence-electron chi connectivity index (χ0n) is 11.2. The summed E-state index contributed by atoms with van der Waals surface area (Å²) >= 11 is 12.0. The maximum atomic E-state index is 10.7. The number of nitrogens with two attached hydrogens (primary N) is 1. The van der Waals surface area contributed by atoms with Crippen molar-refractivity contribution in [1.82, 2.24) is 9.55 Å². The number of anilines is 1. The van der Waals surface area contributed by atoms with Crippen molar-refractivity contribution in [1.29, 1.82) is 0 Å². The lowest BCUT2D eigenvalue weighted by atomic mass is 10.2. The summed E-state index contributed by atoms with van der Waals surface area (Å²) < 4.78 is 1.78. The molecule has 0 fully saturated rings. The first-order valence-corrected chi connectivity index (χ1v) is 7.05. The molecule has 0 bridgehead atoms. The predicted octanol–water partition coefficient (Wildman–Crippen LogP) is 3.88. The van der Waals surface area contributed by atoms with Crippen LogP contribution < -0.4 is 5.73 Å². The Bertz CT molecular complexity index is 875. The fourth-order valence-corrected chi connectivity index (χ4v) is 2.53. The van der Waals surface area contributed by atoms with E-state index in [0.29, 0.717) is 28.1 Å². The van der Waals surface area contributed by atoms with Gasteiger partial charge in [0.05, 0.1) is 32.5 Å². The van der Waals surface area contributed by atoms with Crippen LogP contribution in [0.4, 0.5) is 11.6 Å². The molecule has 1 heterocycles. The van der Waals surface area contributed by atoms with Crippen LogP contribution >= 0.6 is 23.2 Å². The van der Waals surface area contributed by atoms with E-state index < -0.39 is 4.92 Å². The average Bonchev–Trinajstić information content (AvgIpc) is 2.76. The smallest absolute Gasteiger partial charge is 0.269 e. The van der Waals surface area contributed by atoms with Crippen molar-refractivity contribution in [2.75, 3.05) is 5.73 Å². The van der Waals surface area contributed by atoms with Gasteiger partial charge in [0, 0.05) is 12.1 Å². The van der Waals surface area contributed by atoms with Gasteiger partial charge in [-0.25, -0.2) is 4.98 Å². The Morgan fingerprint density at radius 3 is 2.45 bits per heavy atom. The fraction of sp³-hybridized carbons (Fsp3) is 0.0714. The highest BCUT2D eigenvalue weighted by Crippen LogP contribution is 2.29. The standard InChI is InChI=1S/C14H10Cl2N4O2/c15-10-5-12-13(6-11(10)16)19(14(17)18-12)7-8-1-3-9(4-2-8)20(21)22/h1-6H,7H2,(H2,17,18). The summed E-state index contributed by atoms with van der Waals surface area (Å²) in [5.41, 5.74) is 8.25. The molecule has 0 spiro atoms. The molecule has 3 rings (SSSR count). The number of hydrogen-bond acceptors (Lipinski definition) is 4. The highest BCUT2D eigenvalue weighted by molar-refractivity contribution is 6.42. The number of non-ortho nitro benzene ring substituents is 1. The van der Waals surface area contributed by atoms with Crippen molar-refractivity contribution in [3.05, 3.63) is 62.1 Å². The van der Waals surface area contributed by atoms with E-state index in [1.807, 2.05) is 0 Å². The molecule has 8 heteroatoms. The summed E-state index contributed by atoms with van der Waals surface area (Å²) in [6, 6.07) is 9.63. The van der Waals surface area contributed by atoms with E-state index in [4.69, 9.17) is 28.9 Å². The first kappa shape index (κ1) is 14.6. The van der Waals surface area contributed by atoms with Gasteiger partial charge in [-0.15, -0.1) is 0 Å². The Balaban J connectivity index is 2.01. The minimum Gasteiger partial charge on any atom is -0.369 e. The van der Waals surface area contributed by atoms with Crippen molar-refractivity contribution in [2.24, 2.45) is 0 Å². The Hall–Kier alpha value is -2.31. The summed E-state index contributed by atoms with van der Waals surface area (Å²) in [7, 11) is 0. The van der Waals surface area contributed by atoms with Crippen LogP contribution in [0.5, 0.6) is 0 Å². The lowest BCUT2D eigenvalue weighted by Gasteiger charge is -2.07.